The quantitative estimate of drug-likeness (QED) is 0.559. The van der Waals surface area contributed by atoms with Crippen molar-refractivity contribution in [3.05, 3.63) is 95.8 Å². The molecule has 7 heteroatoms. The standard InChI is InChI=1S/C23H23FN2O3S/c1-17(19-7-3-2-4-8-19)26-30(28,29)20-14-11-18(12-15-20)13-16-23(27)25-22-10-6-5-9-21(22)24/h2-12,14-15,17,26H,13,16H2,1H3,(H,25,27)/t17-/m0/s1. The minimum absolute atomic E-state index is 0.141. The van der Waals surface area contributed by atoms with Crippen LogP contribution in [0.3, 0.4) is 0 Å². The van der Waals surface area contributed by atoms with Gasteiger partial charge in [0.05, 0.1) is 10.6 Å². The van der Waals surface area contributed by atoms with Gasteiger partial charge in [0, 0.05) is 12.5 Å². The van der Waals surface area contributed by atoms with Crippen molar-refractivity contribution in [2.24, 2.45) is 0 Å². The fourth-order valence-corrected chi connectivity index (χ4v) is 4.21. The summed E-state index contributed by atoms with van der Waals surface area (Å²) in [4.78, 5) is 12.2. The molecule has 3 aromatic carbocycles. The fourth-order valence-electron chi connectivity index (χ4n) is 2.98. The smallest absolute Gasteiger partial charge is 0.241 e. The van der Waals surface area contributed by atoms with Crippen LogP contribution in [0, 0.1) is 5.82 Å². The lowest BCUT2D eigenvalue weighted by Gasteiger charge is -2.15. The lowest BCUT2D eigenvalue weighted by atomic mass is 10.1. The topological polar surface area (TPSA) is 75.3 Å². The van der Waals surface area contributed by atoms with E-state index >= 15 is 0 Å². The molecule has 156 valence electrons. The number of hydrogen-bond donors (Lipinski definition) is 2. The average molecular weight is 427 g/mol. The highest BCUT2D eigenvalue weighted by Crippen LogP contribution is 2.18. The molecule has 0 saturated carbocycles. The molecule has 0 unspecified atom stereocenters. The summed E-state index contributed by atoms with van der Waals surface area (Å²) in [6.07, 6.45) is 0.568. The van der Waals surface area contributed by atoms with Gasteiger partial charge in [-0.1, -0.05) is 54.6 Å². The maximum Gasteiger partial charge on any atom is 0.241 e. The first-order valence-corrected chi connectivity index (χ1v) is 11.0. The molecule has 0 aliphatic rings. The highest BCUT2D eigenvalue weighted by molar-refractivity contribution is 7.89. The van der Waals surface area contributed by atoms with Gasteiger partial charge in [0.1, 0.15) is 5.82 Å². The predicted molar refractivity (Wildman–Crippen MR) is 115 cm³/mol. The molecule has 0 aliphatic heterocycles. The SMILES string of the molecule is C[C@H](NS(=O)(=O)c1ccc(CCC(=O)Nc2ccccc2F)cc1)c1ccccc1. The van der Waals surface area contributed by atoms with E-state index < -0.39 is 15.8 Å². The molecule has 0 spiro atoms. The number of hydrogen-bond acceptors (Lipinski definition) is 3. The molecule has 0 aliphatic carbocycles. The number of amides is 1. The summed E-state index contributed by atoms with van der Waals surface area (Å²) >= 11 is 0. The van der Waals surface area contributed by atoms with Crippen molar-refractivity contribution in [1.82, 2.24) is 4.72 Å². The fraction of sp³-hybridized carbons (Fsp3) is 0.174. The molecule has 3 rings (SSSR count). The second-order valence-electron chi connectivity index (χ2n) is 6.93. The highest BCUT2D eigenvalue weighted by Gasteiger charge is 2.18. The third kappa shape index (κ3) is 5.75. The van der Waals surface area contributed by atoms with Crippen LogP contribution in [0.5, 0.6) is 0 Å². The van der Waals surface area contributed by atoms with Gasteiger partial charge in [-0.2, -0.15) is 0 Å². The third-order valence-electron chi connectivity index (χ3n) is 4.65. The van der Waals surface area contributed by atoms with Gasteiger partial charge in [-0.25, -0.2) is 17.5 Å². The van der Waals surface area contributed by atoms with Crippen molar-refractivity contribution >= 4 is 21.6 Å². The van der Waals surface area contributed by atoms with E-state index in [1.54, 1.807) is 31.2 Å². The molecule has 1 amide bonds. The van der Waals surface area contributed by atoms with E-state index in [1.807, 2.05) is 30.3 Å². The summed E-state index contributed by atoms with van der Waals surface area (Å²) in [6, 6.07) is 21.3. The number of nitrogens with one attached hydrogen (secondary N) is 2. The lowest BCUT2D eigenvalue weighted by Crippen LogP contribution is -2.26. The average Bonchev–Trinajstić information content (AvgIpc) is 2.74. The van der Waals surface area contributed by atoms with Crippen LogP contribution in [0.1, 0.15) is 30.5 Å². The minimum atomic E-state index is -3.67. The number of anilines is 1. The first-order chi connectivity index (χ1) is 14.3. The summed E-state index contributed by atoms with van der Waals surface area (Å²) in [5.74, 6) is -0.798. The van der Waals surface area contributed by atoms with Gasteiger partial charge in [-0.05, 0) is 48.7 Å². The normalized spacial score (nSPS) is 12.3. The van der Waals surface area contributed by atoms with Crippen LogP contribution < -0.4 is 10.0 Å². The van der Waals surface area contributed by atoms with Crippen molar-refractivity contribution in [2.75, 3.05) is 5.32 Å². The second-order valence-corrected chi connectivity index (χ2v) is 8.64. The Hall–Kier alpha value is -3.03. The number of aryl methyl sites for hydroxylation is 1. The molecular formula is C23H23FN2O3S. The van der Waals surface area contributed by atoms with Crippen molar-refractivity contribution < 1.29 is 17.6 Å². The number of para-hydroxylation sites is 1. The number of sulfonamides is 1. The van der Waals surface area contributed by atoms with E-state index in [4.69, 9.17) is 0 Å². The Morgan fingerprint density at radius 3 is 2.23 bits per heavy atom. The van der Waals surface area contributed by atoms with Gasteiger partial charge in [-0.15, -0.1) is 0 Å². The van der Waals surface area contributed by atoms with E-state index in [1.165, 1.54) is 24.3 Å². The summed E-state index contributed by atoms with van der Waals surface area (Å²) in [5.41, 5.74) is 1.83. The molecule has 0 aromatic heterocycles. The molecule has 0 saturated heterocycles. The largest absolute Gasteiger partial charge is 0.324 e. The Morgan fingerprint density at radius 2 is 1.57 bits per heavy atom. The van der Waals surface area contributed by atoms with Crippen LogP contribution >= 0.6 is 0 Å². The number of benzene rings is 3. The molecule has 1 atom stereocenters. The van der Waals surface area contributed by atoms with Gasteiger partial charge in [0.2, 0.25) is 15.9 Å². The summed E-state index contributed by atoms with van der Waals surface area (Å²) in [6.45, 7) is 1.79. The summed E-state index contributed by atoms with van der Waals surface area (Å²) in [7, 11) is -3.67. The molecule has 0 bridgehead atoms. The van der Waals surface area contributed by atoms with Gasteiger partial charge in [-0.3, -0.25) is 4.79 Å². The van der Waals surface area contributed by atoms with Crippen LogP contribution in [0.2, 0.25) is 0 Å². The Balaban J connectivity index is 1.57. The summed E-state index contributed by atoms with van der Waals surface area (Å²) in [5, 5.41) is 2.53. The monoisotopic (exact) mass is 426 g/mol. The van der Waals surface area contributed by atoms with E-state index in [9.17, 15) is 17.6 Å². The Bertz CT molecular complexity index is 1100. The van der Waals surface area contributed by atoms with Gasteiger partial charge in [0.25, 0.3) is 0 Å². The Morgan fingerprint density at radius 1 is 0.933 bits per heavy atom. The maximum absolute atomic E-state index is 13.6. The van der Waals surface area contributed by atoms with Gasteiger partial charge >= 0.3 is 0 Å². The number of carbonyl (C=O) groups is 1. The zero-order valence-electron chi connectivity index (χ0n) is 16.5. The van der Waals surface area contributed by atoms with Gasteiger partial charge < -0.3 is 5.32 Å². The van der Waals surface area contributed by atoms with Crippen LogP contribution in [-0.2, 0) is 21.2 Å². The molecule has 2 N–H and O–H groups in total. The summed E-state index contributed by atoms with van der Waals surface area (Å²) < 4.78 is 41.5. The zero-order valence-corrected chi connectivity index (χ0v) is 17.3. The van der Waals surface area contributed by atoms with Crippen LogP contribution in [0.25, 0.3) is 0 Å². The second kappa shape index (κ2) is 9.65. The molecule has 3 aromatic rings. The Labute approximate surface area is 176 Å². The van der Waals surface area contributed by atoms with Gasteiger partial charge in [0.15, 0.2) is 0 Å². The van der Waals surface area contributed by atoms with Crippen LogP contribution in [-0.4, -0.2) is 14.3 Å². The zero-order chi connectivity index (χ0) is 21.6. The maximum atomic E-state index is 13.6. The number of carbonyl (C=O) groups excluding carboxylic acids is 1. The lowest BCUT2D eigenvalue weighted by molar-refractivity contribution is -0.116. The highest BCUT2D eigenvalue weighted by atomic mass is 32.2. The van der Waals surface area contributed by atoms with Crippen molar-refractivity contribution in [3.8, 4) is 0 Å². The van der Waals surface area contributed by atoms with E-state index in [0.29, 0.717) is 6.42 Å². The van der Waals surface area contributed by atoms with Crippen molar-refractivity contribution in [2.45, 2.75) is 30.7 Å². The van der Waals surface area contributed by atoms with Crippen molar-refractivity contribution in [3.63, 3.8) is 0 Å². The van der Waals surface area contributed by atoms with Crippen LogP contribution in [0.15, 0.2) is 83.8 Å². The Kier molecular flexibility index (Phi) is 6.97. The minimum Gasteiger partial charge on any atom is -0.324 e. The molecule has 0 heterocycles. The molecule has 5 nitrogen and oxygen atoms in total. The molecule has 0 fully saturated rings. The third-order valence-corrected chi connectivity index (χ3v) is 6.21. The first kappa shape index (κ1) is 21.7. The first-order valence-electron chi connectivity index (χ1n) is 9.56. The number of halogens is 1. The molecular weight excluding hydrogens is 403 g/mol. The molecule has 0 radical (unpaired) electrons. The van der Waals surface area contributed by atoms with Crippen molar-refractivity contribution in [1.29, 1.82) is 0 Å². The molecule has 30 heavy (non-hydrogen) atoms. The van der Waals surface area contributed by atoms with E-state index in [2.05, 4.69) is 10.0 Å². The van der Waals surface area contributed by atoms with Crippen LogP contribution in [0.4, 0.5) is 10.1 Å². The van der Waals surface area contributed by atoms with E-state index in [-0.39, 0.29) is 29.0 Å². The predicted octanol–water partition coefficient (Wildman–Crippen LogP) is 4.44. The van der Waals surface area contributed by atoms with E-state index in [0.717, 1.165) is 11.1 Å². The number of rotatable bonds is 8.